The van der Waals surface area contributed by atoms with Crippen LogP contribution in [0.1, 0.15) is 75.8 Å². The second-order valence-corrected chi connectivity index (χ2v) is 11.9. The van der Waals surface area contributed by atoms with Gasteiger partial charge in [0, 0.05) is 31.7 Å². The fourth-order valence-corrected chi connectivity index (χ4v) is 6.86. The second kappa shape index (κ2) is 12.7. The van der Waals surface area contributed by atoms with Crippen molar-refractivity contribution in [3.05, 3.63) is 65.7 Å². The van der Waals surface area contributed by atoms with Gasteiger partial charge in [-0.05, 0) is 94.6 Å². The van der Waals surface area contributed by atoms with Crippen LogP contribution in [0.25, 0.3) is 0 Å². The predicted molar refractivity (Wildman–Crippen MR) is 154 cm³/mol. The number of hydrogen-bond acceptors (Lipinski definition) is 4. The third kappa shape index (κ3) is 6.26. The molecule has 0 bridgehead atoms. The quantitative estimate of drug-likeness (QED) is 0.390. The molecule has 1 amide bonds. The molecule has 4 rings (SSSR count). The lowest BCUT2D eigenvalue weighted by Crippen LogP contribution is -2.44. The summed E-state index contributed by atoms with van der Waals surface area (Å²) >= 11 is 0. The Hall–Kier alpha value is -2.37. The number of hydrogen-bond donors (Lipinski definition) is 0. The Labute approximate surface area is 230 Å². The zero-order valence-electron chi connectivity index (χ0n) is 24.2. The van der Waals surface area contributed by atoms with Gasteiger partial charge in [-0.2, -0.15) is 0 Å². The number of carbonyl (C=O) groups excluding carboxylic acids is 1. The second-order valence-electron chi connectivity index (χ2n) is 11.9. The van der Waals surface area contributed by atoms with E-state index >= 15 is 0 Å². The van der Waals surface area contributed by atoms with Crippen LogP contribution in [0, 0.1) is 11.8 Å². The standard InChI is InChI=1S/C33H48N2O3/c1-26-28(24-32(38-5)19-10-20-32)12-9-21-33(34(2)3,29-13-7-6-8-14-29)22-11-23-35(31(26)36)25-27-15-17-30(37-4)18-16-27/h6-8,13-18,26,28H,9-12,19-25H2,1-5H3/t26?,28?,33-/m1/s1. The average molecular weight is 521 g/mol. The molecule has 2 aromatic rings. The number of benzene rings is 2. The Morgan fingerprint density at radius 1 is 0.921 bits per heavy atom. The smallest absolute Gasteiger partial charge is 0.225 e. The zero-order valence-corrected chi connectivity index (χ0v) is 24.2. The zero-order chi connectivity index (χ0) is 27.2. The van der Waals surface area contributed by atoms with Gasteiger partial charge in [-0.15, -0.1) is 0 Å². The molecule has 2 aliphatic rings. The lowest BCUT2D eigenvalue weighted by molar-refractivity contribution is -0.140. The summed E-state index contributed by atoms with van der Waals surface area (Å²) in [5.41, 5.74) is 2.45. The molecule has 5 nitrogen and oxygen atoms in total. The van der Waals surface area contributed by atoms with Gasteiger partial charge >= 0.3 is 0 Å². The van der Waals surface area contributed by atoms with E-state index in [4.69, 9.17) is 9.47 Å². The van der Waals surface area contributed by atoms with Gasteiger partial charge in [0.2, 0.25) is 5.91 Å². The molecule has 1 saturated heterocycles. The van der Waals surface area contributed by atoms with Crippen LogP contribution in [0.15, 0.2) is 54.6 Å². The van der Waals surface area contributed by atoms with E-state index in [2.05, 4.69) is 73.3 Å². The first-order valence-corrected chi connectivity index (χ1v) is 14.5. The minimum absolute atomic E-state index is 0.0237. The van der Waals surface area contributed by atoms with Crippen LogP contribution in [0.5, 0.6) is 5.75 Å². The number of nitrogens with zero attached hydrogens (tertiary/aromatic N) is 2. The summed E-state index contributed by atoms with van der Waals surface area (Å²) < 4.78 is 11.4. The molecule has 1 saturated carbocycles. The Morgan fingerprint density at radius 2 is 1.61 bits per heavy atom. The van der Waals surface area contributed by atoms with Gasteiger partial charge in [0.15, 0.2) is 0 Å². The highest BCUT2D eigenvalue weighted by Crippen LogP contribution is 2.45. The minimum atomic E-state index is -0.0434. The Bertz CT molecular complexity index is 1010. The molecule has 0 radical (unpaired) electrons. The van der Waals surface area contributed by atoms with Crippen LogP contribution in [-0.2, 0) is 21.6 Å². The van der Waals surface area contributed by atoms with E-state index in [9.17, 15) is 4.79 Å². The van der Waals surface area contributed by atoms with E-state index in [1.165, 1.54) is 12.0 Å². The molecule has 5 heteroatoms. The van der Waals surface area contributed by atoms with Crippen molar-refractivity contribution in [1.82, 2.24) is 9.80 Å². The molecule has 3 atom stereocenters. The Morgan fingerprint density at radius 3 is 2.18 bits per heavy atom. The van der Waals surface area contributed by atoms with Gasteiger partial charge in [0.1, 0.15) is 5.75 Å². The van der Waals surface area contributed by atoms with Crippen molar-refractivity contribution in [2.24, 2.45) is 11.8 Å². The van der Waals surface area contributed by atoms with Gasteiger partial charge in [-0.3, -0.25) is 9.69 Å². The molecule has 38 heavy (non-hydrogen) atoms. The van der Waals surface area contributed by atoms with Crippen molar-refractivity contribution in [3.63, 3.8) is 0 Å². The lowest BCUT2D eigenvalue weighted by Gasteiger charge is -2.44. The number of carbonyl (C=O) groups is 1. The first kappa shape index (κ1) is 28.6. The minimum Gasteiger partial charge on any atom is -0.497 e. The van der Waals surface area contributed by atoms with Crippen LogP contribution >= 0.6 is 0 Å². The van der Waals surface area contributed by atoms with Gasteiger partial charge in [-0.1, -0.05) is 55.8 Å². The highest BCUT2D eigenvalue weighted by molar-refractivity contribution is 5.78. The summed E-state index contributed by atoms with van der Waals surface area (Å²) in [7, 11) is 7.99. The Balaban J connectivity index is 1.64. The van der Waals surface area contributed by atoms with Crippen LogP contribution < -0.4 is 4.74 Å². The molecule has 208 valence electrons. The predicted octanol–water partition coefficient (Wildman–Crippen LogP) is 6.66. The summed E-state index contributed by atoms with van der Waals surface area (Å²) in [5, 5.41) is 0. The first-order chi connectivity index (χ1) is 18.3. The maximum atomic E-state index is 14.1. The third-order valence-corrected chi connectivity index (χ3v) is 9.62. The molecule has 1 heterocycles. The molecular formula is C33H48N2O3. The van der Waals surface area contributed by atoms with E-state index in [0.717, 1.165) is 69.2 Å². The Kier molecular flexibility index (Phi) is 9.54. The van der Waals surface area contributed by atoms with Gasteiger partial charge < -0.3 is 14.4 Å². The normalized spacial score (nSPS) is 26.5. The fourth-order valence-electron chi connectivity index (χ4n) is 6.86. The van der Waals surface area contributed by atoms with E-state index in [0.29, 0.717) is 12.5 Å². The molecule has 0 N–H and O–H groups in total. The van der Waals surface area contributed by atoms with Crippen molar-refractivity contribution >= 4 is 5.91 Å². The molecule has 2 fully saturated rings. The number of rotatable bonds is 8. The molecule has 0 spiro atoms. The van der Waals surface area contributed by atoms with Crippen LogP contribution in [0.3, 0.4) is 0 Å². The maximum Gasteiger partial charge on any atom is 0.225 e. The number of amides is 1. The first-order valence-electron chi connectivity index (χ1n) is 14.5. The summed E-state index contributed by atoms with van der Waals surface area (Å²) in [4.78, 5) is 18.7. The molecule has 1 aliphatic carbocycles. The van der Waals surface area contributed by atoms with E-state index < -0.39 is 0 Å². The summed E-state index contributed by atoms with van der Waals surface area (Å²) in [6.07, 6.45) is 9.68. The van der Waals surface area contributed by atoms with E-state index in [-0.39, 0.29) is 23.0 Å². The van der Waals surface area contributed by atoms with Crippen LogP contribution in [0.4, 0.5) is 0 Å². The topological polar surface area (TPSA) is 42.0 Å². The fraction of sp³-hybridized carbons (Fsp3) is 0.606. The maximum absolute atomic E-state index is 14.1. The van der Waals surface area contributed by atoms with Crippen molar-refractivity contribution in [2.75, 3.05) is 34.9 Å². The molecule has 1 aliphatic heterocycles. The van der Waals surface area contributed by atoms with E-state index in [1.54, 1.807) is 7.11 Å². The van der Waals surface area contributed by atoms with Gasteiger partial charge in [0.05, 0.1) is 12.7 Å². The highest BCUT2D eigenvalue weighted by atomic mass is 16.5. The summed E-state index contributed by atoms with van der Waals surface area (Å²) in [5.74, 6) is 1.42. The molecule has 2 aromatic carbocycles. The molecule has 0 aromatic heterocycles. The van der Waals surface area contributed by atoms with Gasteiger partial charge in [-0.25, -0.2) is 0 Å². The summed E-state index contributed by atoms with van der Waals surface area (Å²) in [6, 6.07) is 19.2. The largest absolute Gasteiger partial charge is 0.497 e. The number of methoxy groups -OCH3 is 2. The SMILES string of the molecule is COc1ccc(CN2CCC[C@](c3ccccc3)(N(C)C)CCCC(CC3(OC)CCC3)C(C)C2=O)cc1. The lowest BCUT2D eigenvalue weighted by atomic mass is 9.70. The van der Waals surface area contributed by atoms with Crippen LogP contribution in [-0.4, -0.2) is 56.2 Å². The van der Waals surface area contributed by atoms with Crippen LogP contribution in [0.2, 0.25) is 0 Å². The van der Waals surface area contributed by atoms with Crippen molar-refractivity contribution in [2.45, 2.75) is 82.4 Å². The highest BCUT2D eigenvalue weighted by Gasteiger charge is 2.43. The third-order valence-electron chi connectivity index (χ3n) is 9.62. The van der Waals surface area contributed by atoms with Crippen molar-refractivity contribution in [3.8, 4) is 5.75 Å². The van der Waals surface area contributed by atoms with Crippen molar-refractivity contribution in [1.29, 1.82) is 0 Å². The summed E-state index contributed by atoms with van der Waals surface area (Å²) in [6.45, 7) is 3.57. The monoisotopic (exact) mass is 520 g/mol. The van der Waals surface area contributed by atoms with Gasteiger partial charge in [0.25, 0.3) is 0 Å². The van der Waals surface area contributed by atoms with E-state index in [1.807, 2.05) is 19.2 Å². The number of ether oxygens (including phenoxy) is 2. The average Bonchev–Trinajstić information content (AvgIpc) is 2.94. The van der Waals surface area contributed by atoms with Crippen molar-refractivity contribution < 1.29 is 14.3 Å². The molecule has 2 unspecified atom stereocenters. The molecular weight excluding hydrogens is 472 g/mol.